The predicted octanol–water partition coefficient (Wildman–Crippen LogP) is 2.22. The zero-order valence-corrected chi connectivity index (χ0v) is 25.2. The molecular weight excluding hydrogens is 540 g/mol. The van der Waals surface area contributed by atoms with E-state index in [2.05, 4.69) is 17.1 Å². The van der Waals surface area contributed by atoms with Crippen molar-refractivity contribution in [3.63, 3.8) is 0 Å². The topological polar surface area (TPSA) is 127 Å². The summed E-state index contributed by atoms with van der Waals surface area (Å²) < 4.78 is 25.1. The van der Waals surface area contributed by atoms with Crippen molar-refractivity contribution in [1.29, 1.82) is 0 Å². The first kappa shape index (κ1) is 28.7. The molecule has 7 bridgehead atoms. The van der Waals surface area contributed by atoms with E-state index in [9.17, 15) is 19.8 Å². The second-order valence-corrected chi connectivity index (χ2v) is 13.7. The molecule has 1 spiro atoms. The van der Waals surface area contributed by atoms with Gasteiger partial charge in [-0.15, -0.1) is 0 Å². The van der Waals surface area contributed by atoms with Crippen molar-refractivity contribution in [2.45, 2.75) is 87.1 Å². The van der Waals surface area contributed by atoms with Gasteiger partial charge in [-0.3, -0.25) is 9.69 Å². The van der Waals surface area contributed by atoms with Crippen molar-refractivity contribution >= 4 is 17.6 Å². The third-order valence-corrected chi connectivity index (χ3v) is 12.6. The van der Waals surface area contributed by atoms with Crippen LogP contribution in [-0.2, 0) is 23.7 Å². The second-order valence-electron chi connectivity index (χ2n) is 13.7. The lowest BCUT2D eigenvalue weighted by atomic mass is 9.44. The van der Waals surface area contributed by atoms with Crippen LogP contribution in [0.3, 0.4) is 0 Å². The number of carbonyl (C=O) groups is 2. The summed E-state index contributed by atoms with van der Waals surface area (Å²) in [6, 6.07) is 6.89. The summed E-state index contributed by atoms with van der Waals surface area (Å²) in [6.45, 7) is 4.79. The van der Waals surface area contributed by atoms with Crippen molar-refractivity contribution in [3.05, 3.63) is 29.8 Å². The van der Waals surface area contributed by atoms with E-state index in [1.54, 1.807) is 45.6 Å². The lowest BCUT2D eigenvalue weighted by molar-refractivity contribution is -0.337. The molecule has 12 atom stereocenters. The summed E-state index contributed by atoms with van der Waals surface area (Å²) in [6.07, 6.45) is 1.91. The third kappa shape index (κ3) is 3.21. The molecule has 0 aromatic heterocycles. The minimum atomic E-state index is -1.48. The number of benzene rings is 1. The van der Waals surface area contributed by atoms with Gasteiger partial charge in [0.15, 0.2) is 0 Å². The first-order valence-corrected chi connectivity index (χ1v) is 15.4. The zero-order valence-electron chi connectivity index (χ0n) is 25.2. The van der Waals surface area contributed by atoms with Gasteiger partial charge in [-0.05, 0) is 44.4 Å². The van der Waals surface area contributed by atoms with Crippen LogP contribution < -0.4 is 5.32 Å². The van der Waals surface area contributed by atoms with Crippen LogP contribution in [0.15, 0.2) is 24.3 Å². The van der Waals surface area contributed by atoms with Crippen molar-refractivity contribution in [3.8, 4) is 0 Å². The summed E-state index contributed by atoms with van der Waals surface area (Å²) in [5.41, 5.74) is -3.57. The molecule has 1 heterocycles. The molecule has 1 aliphatic heterocycles. The summed E-state index contributed by atoms with van der Waals surface area (Å²) in [5.74, 6) is -1.54. The number of para-hydroxylation sites is 1. The van der Waals surface area contributed by atoms with Gasteiger partial charge in [0.2, 0.25) is 5.91 Å². The SMILES string of the molecule is CCN1C[C@]2(OC(=O)c3ccccc3NC(C)=O)CC[C@H](OC)C34[C@H]2C[C@H]([C@@H]13)[C@@]1(O)C[C@H](OC)[C@@H]2C[C@H]4[C@]1(O)[C@@H]2OC. The number of fused-ring (bicyclic) bond motifs is 2. The first-order chi connectivity index (χ1) is 20.1. The largest absolute Gasteiger partial charge is 0.454 e. The Morgan fingerprint density at radius 3 is 2.50 bits per heavy atom. The average molecular weight is 585 g/mol. The van der Waals surface area contributed by atoms with Gasteiger partial charge in [0.05, 0.1) is 29.6 Å². The Bertz CT molecular complexity index is 1290. The number of likely N-dealkylation sites (tertiary alicyclic amines) is 1. The van der Waals surface area contributed by atoms with E-state index < -0.39 is 34.3 Å². The molecule has 10 nitrogen and oxygen atoms in total. The quantitative estimate of drug-likeness (QED) is 0.414. The number of carbonyl (C=O) groups excluding carboxylic acids is 2. The van der Waals surface area contributed by atoms with Crippen LogP contribution in [-0.4, -0.2) is 103 Å². The van der Waals surface area contributed by atoms with Crippen molar-refractivity contribution in [2.24, 2.45) is 29.1 Å². The second kappa shape index (κ2) is 9.46. The molecule has 10 heteroatoms. The maximum Gasteiger partial charge on any atom is 0.340 e. The van der Waals surface area contributed by atoms with E-state index in [0.29, 0.717) is 56.4 Å². The van der Waals surface area contributed by atoms with Gasteiger partial charge in [-0.25, -0.2) is 4.79 Å². The van der Waals surface area contributed by atoms with Gasteiger partial charge in [0.25, 0.3) is 0 Å². The summed E-state index contributed by atoms with van der Waals surface area (Å²) in [4.78, 5) is 28.3. The molecule has 7 rings (SSSR count). The van der Waals surface area contributed by atoms with E-state index >= 15 is 0 Å². The number of nitrogens with one attached hydrogen (secondary N) is 1. The number of esters is 1. The fourth-order valence-corrected chi connectivity index (χ4v) is 11.6. The minimum Gasteiger partial charge on any atom is -0.454 e. The lowest BCUT2D eigenvalue weighted by Crippen LogP contribution is -2.83. The van der Waals surface area contributed by atoms with Crippen molar-refractivity contribution < 1.29 is 38.7 Å². The van der Waals surface area contributed by atoms with E-state index in [1.807, 2.05) is 0 Å². The molecule has 6 aliphatic rings. The number of amides is 1. The fraction of sp³-hybridized carbons (Fsp3) is 0.750. The predicted molar refractivity (Wildman–Crippen MR) is 152 cm³/mol. The van der Waals surface area contributed by atoms with Crippen LogP contribution in [0.25, 0.3) is 0 Å². The summed E-state index contributed by atoms with van der Waals surface area (Å²) in [5, 5.41) is 28.4. The molecule has 1 saturated heterocycles. The standard InChI is InChI=1S/C32H44N2O8/c1-6-34-16-29(42-28(36)18-9-7-8-10-21(18)33-17(2)35)12-11-25(40-4)31-23(29)14-20(26(31)34)30(37)15-22(39-3)19-13-24(31)32(30,38)27(19)41-5/h7-10,19-20,22-27,37-38H,6,11-16H2,1-5H3,(H,33,35)/t19-,20+,22-,23-,24+,25-,26+,27+,29+,30-,31?,32-/m0/s1. The molecule has 1 unspecified atom stereocenters. The minimum absolute atomic E-state index is 0.0432. The number of likely N-dealkylation sites (N-methyl/N-ethyl adjacent to an activating group) is 1. The molecule has 1 aromatic carbocycles. The highest BCUT2D eigenvalue weighted by Gasteiger charge is 2.89. The molecular formula is C32H44N2O8. The monoisotopic (exact) mass is 584 g/mol. The van der Waals surface area contributed by atoms with Crippen LogP contribution in [0.5, 0.6) is 0 Å². The number of methoxy groups -OCH3 is 3. The molecule has 3 N–H and O–H groups in total. The Balaban J connectivity index is 1.38. The van der Waals surface area contributed by atoms with Gasteiger partial charge in [0.1, 0.15) is 16.8 Å². The highest BCUT2D eigenvalue weighted by Crippen LogP contribution is 2.79. The molecule has 5 aliphatic carbocycles. The normalized spacial score (nSPS) is 48.2. The van der Waals surface area contributed by atoms with Crippen LogP contribution >= 0.6 is 0 Å². The first-order valence-electron chi connectivity index (χ1n) is 15.4. The molecule has 5 saturated carbocycles. The Kier molecular flexibility index (Phi) is 6.46. The highest BCUT2D eigenvalue weighted by atomic mass is 16.6. The number of piperidine rings is 1. The summed E-state index contributed by atoms with van der Waals surface area (Å²) >= 11 is 0. The number of anilines is 1. The van der Waals surface area contributed by atoms with Gasteiger partial charge < -0.3 is 34.5 Å². The van der Waals surface area contributed by atoms with E-state index in [4.69, 9.17) is 18.9 Å². The maximum absolute atomic E-state index is 14.0. The number of ether oxygens (including phenoxy) is 4. The van der Waals surface area contributed by atoms with Crippen LogP contribution in [0, 0.1) is 29.1 Å². The number of hydrogen-bond acceptors (Lipinski definition) is 9. The third-order valence-electron chi connectivity index (χ3n) is 12.6. The van der Waals surface area contributed by atoms with Crippen molar-refractivity contribution in [2.75, 3.05) is 39.7 Å². The molecule has 1 aromatic rings. The van der Waals surface area contributed by atoms with Crippen LogP contribution in [0.1, 0.15) is 56.3 Å². The average Bonchev–Trinajstić information content (AvgIpc) is 3.39. The molecule has 1 amide bonds. The fourth-order valence-electron chi connectivity index (χ4n) is 11.6. The number of hydrogen-bond donors (Lipinski definition) is 3. The van der Waals surface area contributed by atoms with Crippen molar-refractivity contribution in [1.82, 2.24) is 4.90 Å². The van der Waals surface area contributed by atoms with E-state index in [-0.39, 0.29) is 47.8 Å². The smallest absolute Gasteiger partial charge is 0.340 e. The Morgan fingerprint density at radius 2 is 1.83 bits per heavy atom. The molecule has 230 valence electrons. The maximum atomic E-state index is 14.0. The summed E-state index contributed by atoms with van der Waals surface area (Å²) in [7, 11) is 5.05. The molecule has 0 radical (unpaired) electrons. The Morgan fingerprint density at radius 1 is 1.07 bits per heavy atom. The van der Waals surface area contributed by atoms with Gasteiger partial charge in [-0.1, -0.05) is 19.1 Å². The zero-order chi connectivity index (χ0) is 29.8. The van der Waals surface area contributed by atoms with E-state index in [0.717, 1.165) is 0 Å². The molecule has 6 fully saturated rings. The lowest BCUT2D eigenvalue weighted by Gasteiger charge is -2.70. The van der Waals surface area contributed by atoms with Gasteiger partial charge in [0, 0.05) is 76.3 Å². The molecule has 42 heavy (non-hydrogen) atoms. The van der Waals surface area contributed by atoms with Gasteiger partial charge in [-0.2, -0.15) is 0 Å². The van der Waals surface area contributed by atoms with Gasteiger partial charge >= 0.3 is 5.97 Å². The number of nitrogens with zero attached hydrogens (tertiary/aromatic N) is 1. The van der Waals surface area contributed by atoms with Crippen LogP contribution in [0.4, 0.5) is 5.69 Å². The number of aliphatic hydroxyl groups is 2. The Hall–Kier alpha value is -2.08. The Labute approximate surface area is 247 Å². The van der Waals surface area contributed by atoms with Crippen LogP contribution in [0.2, 0.25) is 0 Å². The number of rotatable bonds is 7. The van der Waals surface area contributed by atoms with E-state index in [1.165, 1.54) is 6.92 Å². The highest BCUT2D eigenvalue weighted by molar-refractivity contribution is 6.00.